The molecule has 80 valence electrons. The standard InChI is InChI=1S/C10H10BrClN2S/c11-8-3-2-7(12)6-9(8)14-10-13-4-1-5-15-10/h2-3,6H,1,4-5H2,(H,13,14). The van der Waals surface area contributed by atoms with E-state index >= 15 is 0 Å². The van der Waals surface area contributed by atoms with Crippen LogP contribution in [0.4, 0.5) is 5.69 Å². The Morgan fingerprint density at radius 3 is 3.07 bits per heavy atom. The minimum atomic E-state index is 0.724. The maximum absolute atomic E-state index is 5.93. The van der Waals surface area contributed by atoms with E-state index in [-0.39, 0.29) is 0 Å². The van der Waals surface area contributed by atoms with Crippen molar-refractivity contribution in [2.24, 2.45) is 4.99 Å². The second-order valence-electron chi connectivity index (χ2n) is 3.14. The van der Waals surface area contributed by atoms with Gasteiger partial charge in [0.15, 0.2) is 5.17 Å². The van der Waals surface area contributed by atoms with E-state index in [9.17, 15) is 0 Å². The summed E-state index contributed by atoms with van der Waals surface area (Å²) >= 11 is 11.1. The van der Waals surface area contributed by atoms with Crippen molar-refractivity contribution in [3.63, 3.8) is 0 Å². The fourth-order valence-electron chi connectivity index (χ4n) is 1.24. The molecule has 1 aliphatic heterocycles. The molecule has 0 saturated heterocycles. The van der Waals surface area contributed by atoms with Gasteiger partial charge in [-0.05, 0) is 40.5 Å². The van der Waals surface area contributed by atoms with Crippen LogP contribution >= 0.6 is 39.3 Å². The lowest BCUT2D eigenvalue weighted by Crippen LogP contribution is -2.13. The number of thioether (sulfide) groups is 1. The Kier molecular flexibility index (Phi) is 3.94. The number of aliphatic imine (C=N–C) groups is 1. The lowest BCUT2D eigenvalue weighted by atomic mass is 10.3. The average molecular weight is 306 g/mol. The van der Waals surface area contributed by atoms with Crippen LogP contribution in [0.15, 0.2) is 27.7 Å². The Balaban J connectivity index is 2.15. The molecule has 1 heterocycles. The number of nitrogens with zero attached hydrogens (tertiary/aromatic N) is 1. The predicted molar refractivity (Wildman–Crippen MR) is 72.2 cm³/mol. The number of hydrogen-bond acceptors (Lipinski definition) is 3. The monoisotopic (exact) mass is 304 g/mol. The number of rotatable bonds is 1. The molecule has 0 spiro atoms. The summed E-state index contributed by atoms with van der Waals surface area (Å²) in [4.78, 5) is 4.40. The third-order valence-corrected chi connectivity index (χ3v) is 3.89. The number of nitrogens with one attached hydrogen (secondary N) is 1. The van der Waals surface area contributed by atoms with Gasteiger partial charge >= 0.3 is 0 Å². The Morgan fingerprint density at radius 2 is 2.33 bits per heavy atom. The van der Waals surface area contributed by atoms with Gasteiger partial charge in [-0.25, -0.2) is 0 Å². The summed E-state index contributed by atoms with van der Waals surface area (Å²) in [5.74, 6) is 1.13. The molecule has 0 aromatic heterocycles. The molecule has 1 aromatic rings. The van der Waals surface area contributed by atoms with E-state index in [4.69, 9.17) is 11.6 Å². The maximum Gasteiger partial charge on any atom is 0.161 e. The largest absolute Gasteiger partial charge is 0.334 e. The Labute approximate surface area is 107 Å². The van der Waals surface area contributed by atoms with E-state index in [2.05, 4.69) is 26.2 Å². The van der Waals surface area contributed by atoms with Crippen LogP contribution in [-0.2, 0) is 0 Å². The van der Waals surface area contributed by atoms with Crippen LogP contribution < -0.4 is 5.32 Å². The molecule has 0 atom stereocenters. The normalized spacial score (nSPS) is 16.0. The number of halogens is 2. The average Bonchev–Trinajstić information content (AvgIpc) is 2.25. The minimum Gasteiger partial charge on any atom is -0.334 e. The van der Waals surface area contributed by atoms with Gasteiger partial charge in [0.1, 0.15) is 0 Å². The summed E-state index contributed by atoms with van der Waals surface area (Å²) in [7, 11) is 0. The van der Waals surface area contributed by atoms with Crippen molar-refractivity contribution in [1.82, 2.24) is 0 Å². The summed E-state index contributed by atoms with van der Waals surface area (Å²) in [5, 5.41) is 4.97. The molecule has 0 bridgehead atoms. The van der Waals surface area contributed by atoms with Crippen molar-refractivity contribution in [2.75, 3.05) is 17.6 Å². The molecule has 5 heteroatoms. The van der Waals surface area contributed by atoms with E-state index in [0.29, 0.717) is 0 Å². The van der Waals surface area contributed by atoms with Crippen LogP contribution in [0.25, 0.3) is 0 Å². The zero-order valence-corrected chi connectivity index (χ0v) is 11.1. The first kappa shape index (κ1) is 11.3. The molecule has 1 aliphatic rings. The smallest absolute Gasteiger partial charge is 0.161 e. The highest BCUT2D eigenvalue weighted by atomic mass is 79.9. The third kappa shape index (κ3) is 3.13. The molecule has 2 nitrogen and oxygen atoms in total. The van der Waals surface area contributed by atoms with Crippen molar-refractivity contribution in [2.45, 2.75) is 6.42 Å². The van der Waals surface area contributed by atoms with Gasteiger partial charge < -0.3 is 5.32 Å². The number of benzene rings is 1. The van der Waals surface area contributed by atoms with Gasteiger partial charge in [-0.3, -0.25) is 4.99 Å². The zero-order valence-electron chi connectivity index (χ0n) is 7.96. The SMILES string of the molecule is Clc1ccc(Br)c(NC2=NCCCS2)c1. The van der Waals surface area contributed by atoms with Gasteiger partial charge in [0.25, 0.3) is 0 Å². The Bertz CT molecular complexity index is 395. The highest BCUT2D eigenvalue weighted by molar-refractivity contribution is 9.10. The molecule has 0 unspecified atom stereocenters. The van der Waals surface area contributed by atoms with Gasteiger partial charge in [0.2, 0.25) is 0 Å². The molecule has 0 radical (unpaired) electrons. The van der Waals surface area contributed by atoms with Crippen molar-refractivity contribution in [3.8, 4) is 0 Å². The summed E-state index contributed by atoms with van der Waals surface area (Å²) in [5.41, 5.74) is 0.968. The fraction of sp³-hybridized carbons (Fsp3) is 0.300. The predicted octanol–water partition coefficient (Wildman–Crippen LogP) is 4.01. The van der Waals surface area contributed by atoms with Crippen LogP contribution in [0, 0.1) is 0 Å². The van der Waals surface area contributed by atoms with Crippen molar-refractivity contribution in [1.29, 1.82) is 0 Å². The minimum absolute atomic E-state index is 0.724. The van der Waals surface area contributed by atoms with Crippen molar-refractivity contribution < 1.29 is 0 Å². The summed E-state index contributed by atoms with van der Waals surface area (Å²) in [6.45, 7) is 0.910. The van der Waals surface area contributed by atoms with Gasteiger partial charge in [0.05, 0.1) is 5.69 Å². The molecular weight excluding hydrogens is 296 g/mol. The molecule has 1 N–H and O–H groups in total. The van der Waals surface area contributed by atoms with E-state index in [1.54, 1.807) is 11.8 Å². The van der Waals surface area contributed by atoms with Crippen LogP contribution in [0.5, 0.6) is 0 Å². The Hall–Kier alpha value is -0.190. The van der Waals surface area contributed by atoms with E-state index in [1.165, 1.54) is 0 Å². The first-order chi connectivity index (χ1) is 7.25. The maximum atomic E-state index is 5.93. The van der Waals surface area contributed by atoms with E-state index in [0.717, 1.165) is 39.1 Å². The lowest BCUT2D eigenvalue weighted by molar-refractivity contribution is 0.938. The number of anilines is 1. The molecule has 0 aliphatic carbocycles. The van der Waals surface area contributed by atoms with Crippen LogP contribution in [0.2, 0.25) is 5.02 Å². The summed E-state index contributed by atoms with van der Waals surface area (Å²) in [6, 6.07) is 5.68. The second kappa shape index (κ2) is 5.23. The fourth-order valence-corrected chi connectivity index (χ4v) is 2.59. The summed E-state index contributed by atoms with van der Waals surface area (Å²) < 4.78 is 1.00. The molecule has 15 heavy (non-hydrogen) atoms. The molecule has 1 aromatic carbocycles. The Morgan fingerprint density at radius 1 is 1.47 bits per heavy atom. The van der Waals surface area contributed by atoms with E-state index in [1.807, 2.05) is 18.2 Å². The molecule has 0 saturated carbocycles. The van der Waals surface area contributed by atoms with Crippen LogP contribution in [-0.4, -0.2) is 17.5 Å². The van der Waals surface area contributed by atoms with Gasteiger partial charge in [-0.2, -0.15) is 0 Å². The topological polar surface area (TPSA) is 24.4 Å². The molecule has 0 fully saturated rings. The van der Waals surface area contributed by atoms with Gasteiger partial charge in [-0.1, -0.05) is 23.4 Å². The molecular formula is C10H10BrClN2S. The quantitative estimate of drug-likeness (QED) is 0.848. The van der Waals surface area contributed by atoms with Crippen LogP contribution in [0.3, 0.4) is 0 Å². The first-order valence-corrected chi connectivity index (χ1v) is 6.81. The highest BCUT2D eigenvalue weighted by Crippen LogP contribution is 2.27. The number of amidine groups is 1. The van der Waals surface area contributed by atoms with Crippen molar-refractivity contribution in [3.05, 3.63) is 27.7 Å². The summed E-state index contributed by atoms with van der Waals surface area (Å²) in [6.07, 6.45) is 1.16. The van der Waals surface area contributed by atoms with Crippen LogP contribution in [0.1, 0.15) is 6.42 Å². The second-order valence-corrected chi connectivity index (χ2v) is 5.51. The van der Waals surface area contributed by atoms with E-state index < -0.39 is 0 Å². The highest BCUT2D eigenvalue weighted by Gasteiger charge is 2.08. The lowest BCUT2D eigenvalue weighted by Gasteiger charge is -2.14. The number of hydrogen-bond donors (Lipinski definition) is 1. The van der Waals surface area contributed by atoms with Gasteiger partial charge in [-0.15, -0.1) is 0 Å². The first-order valence-electron chi connectivity index (χ1n) is 4.65. The van der Waals surface area contributed by atoms with Crippen molar-refractivity contribution >= 4 is 50.1 Å². The zero-order chi connectivity index (χ0) is 10.7. The third-order valence-electron chi connectivity index (χ3n) is 1.97. The molecule has 2 rings (SSSR count). The molecule has 0 amide bonds. The van der Waals surface area contributed by atoms with Gasteiger partial charge in [0, 0.05) is 21.8 Å².